The summed E-state index contributed by atoms with van der Waals surface area (Å²) >= 11 is -1.30. The zero-order valence-electron chi connectivity index (χ0n) is 15.1. The normalized spacial score (nSPS) is 12.4. The van der Waals surface area contributed by atoms with E-state index < -0.39 is 11.2 Å². The van der Waals surface area contributed by atoms with Crippen molar-refractivity contribution in [1.29, 1.82) is 0 Å². The van der Waals surface area contributed by atoms with Crippen molar-refractivity contribution in [1.82, 2.24) is 15.0 Å². The van der Waals surface area contributed by atoms with Gasteiger partial charge in [-0.3, -0.25) is 9.97 Å². The van der Waals surface area contributed by atoms with Gasteiger partial charge in [-0.2, -0.15) is 4.98 Å². The van der Waals surface area contributed by atoms with E-state index in [1.165, 1.54) is 0 Å². The number of pyridine rings is 1. The average molecular weight is 358 g/mol. The molecule has 3 rings (SSSR count). The van der Waals surface area contributed by atoms with Crippen molar-refractivity contribution in [2.75, 3.05) is 26.1 Å². The van der Waals surface area contributed by atoms with Crippen molar-refractivity contribution in [2.45, 2.75) is 24.8 Å². The van der Waals surface area contributed by atoms with Crippen LogP contribution in [0.25, 0.3) is 11.0 Å². The molecule has 0 bridgehead atoms. The summed E-state index contributed by atoms with van der Waals surface area (Å²) in [6.45, 7) is 4.05. The van der Waals surface area contributed by atoms with Crippen molar-refractivity contribution >= 4 is 27.9 Å². The minimum absolute atomic E-state index is 0.323. The second kappa shape index (κ2) is 6.93. The molecular weight excluding hydrogens is 336 g/mol. The molecule has 1 atom stereocenters. The van der Waals surface area contributed by atoms with Gasteiger partial charge in [-0.15, -0.1) is 0 Å². The van der Waals surface area contributed by atoms with Gasteiger partial charge in [0, 0.05) is 43.2 Å². The van der Waals surface area contributed by atoms with Crippen LogP contribution in [0.2, 0.25) is 0 Å². The molecule has 0 aliphatic heterocycles. The minimum Gasteiger partial charge on any atom is -0.609 e. The number of rotatable bonds is 5. The molecule has 0 aliphatic rings. The van der Waals surface area contributed by atoms with E-state index in [1.54, 1.807) is 7.11 Å². The highest BCUT2D eigenvalue weighted by atomic mass is 32.2. The SMILES string of the molecule is COc1ccc2[nH]c([S+]([O-])Cc3ncc(C)c(N(C)C)c3C)nc2c1. The quantitative estimate of drug-likeness (QED) is 0.710. The Morgan fingerprint density at radius 1 is 1.28 bits per heavy atom. The van der Waals surface area contributed by atoms with Crippen LogP contribution in [0.1, 0.15) is 16.8 Å². The standard InChI is InChI=1S/C18H22N4O2S/c1-11-9-19-16(12(2)17(11)22(3)4)10-25(23)18-20-14-7-6-13(24-5)8-15(14)21-18/h6-9H,10H2,1-5H3,(H,20,21). The fraction of sp³-hybridized carbons (Fsp3) is 0.333. The number of nitrogens with zero attached hydrogens (tertiary/aromatic N) is 3. The number of aromatic amines is 1. The van der Waals surface area contributed by atoms with Crippen LogP contribution in [-0.2, 0) is 16.9 Å². The van der Waals surface area contributed by atoms with E-state index in [9.17, 15) is 4.55 Å². The maximum Gasteiger partial charge on any atom is 0.322 e. The van der Waals surface area contributed by atoms with Gasteiger partial charge in [0.25, 0.3) is 0 Å². The molecule has 1 unspecified atom stereocenters. The number of benzene rings is 1. The zero-order chi connectivity index (χ0) is 18.1. The van der Waals surface area contributed by atoms with Gasteiger partial charge >= 0.3 is 5.16 Å². The number of anilines is 1. The minimum atomic E-state index is -1.30. The summed E-state index contributed by atoms with van der Waals surface area (Å²) in [4.78, 5) is 14.1. The smallest absolute Gasteiger partial charge is 0.322 e. The van der Waals surface area contributed by atoms with E-state index >= 15 is 0 Å². The largest absolute Gasteiger partial charge is 0.609 e. The van der Waals surface area contributed by atoms with Crippen LogP contribution >= 0.6 is 0 Å². The lowest BCUT2D eigenvalue weighted by Crippen LogP contribution is -2.16. The Labute approximate surface area is 150 Å². The van der Waals surface area contributed by atoms with Crippen LogP contribution < -0.4 is 9.64 Å². The Morgan fingerprint density at radius 2 is 2.04 bits per heavy atom. The Bertz CT molecular complexity index is 907. The molecule has 0 saturated heterocycles. The summed E-state index contributed by atoms with van der Waals surface area (Å²) in [6.07, 6.45) is 1.83. The van der Waals surface area contributed by atoms with Crippen LogP contribution in [0, 0.1) is 13.8 Å². The van der Waals surface area contributed by atoms with Crippen LogP contribution in [0.4, 0.5) is 5.69 Å². The second-order valence-electron chi connectivity index (χ2n) is 6.17. The van der Waals surface area contributed by atoms with Gasteiger partial charge in [0.05, 0.1) is 23.8 Å². The highest BCUT2D eigenvalue weighted by molar-refractivity contribution is 7.90. The van der Waals surface area contributed by atoms with E-state index in [4.69, 9.17) is 4.74 Å². The van der Waals surface area contributed by atoms with E-state index in [-0.39, 0.29) is 0 Å². The molecular formula is C18H22N4O2S. The maximum absolute atomic E-state index is 12.8. The van der Waals surface area contributed by atoms with E-state index in [0.717, 1.165) is 39.3 Å². The van der Waals surface area contributed by atoms with Crippen molar-refractivity contribution < 1.29 is 9.29 Å². The molecule has 0 saturated carbocycles. The molecule has 6 nitrogen and oxygen atoms in total. The molecule has 0 fully saturated rings. The number of H-pyrrole nitrogens is 1. The molecule has 2 aromatic heterocycles. The molecule has 0 spiro atoms. The first-order valence-corrected chi connectivity index (χ1v) is 9.27. The van der Waals surface area contributed by atoms with Crippen molar-refractivity contribution in [3.63, 3.8) is 0 Å². The molecule has 25 heavy (non-hydrogen) atoms. The Balaban J connectivity index is 1.90. The number of ether oxygens (including phenoxy) is 1. The van der Waals surface area contributed by atoms with Crippen LogP contribution in [0.5, 0.6) is 5.75 Å². The number of aryl methyl sites for hydroxylation is 1. The number of hydrogen-bond donors (Lipinski definition) is 1. The van der Waals surface area contributed by atoms with Gasteiger partial charge in [0.2, 0.25) is 0 Å². The Hall–Kier alpha value is -2.25. The van der Waals surface area contributed by atoms with Crippen LogP contribution in [-0.4, -0.2) is 40.7 Å². The van der Waals surface area contributed by atoms with Gasteiger partial charge < -0.3 is 14.2 Å². The predicted molar refractivity (Wildman–Crippen MR) is 101 cm³/mol. The first-order chi connectivity index (χ1) is 11.9. The second-order valence-corrected chi connectivity index (χ2v) is 7.54. The summed E-state index contributed by atoms with van der Waals surface area (Å²) in [5, 5.41) is 0.455. The number of nitrogens with one attached hydrogen (secondary N) is 1. The molecule has 1 aromatic carbocycles. The fourth-order valence-corrected chi connectivity index (χ4v) is 4.09. The van der Waals surface area contributed by atoms with Crippen molar-refractivity contribution in [3.05, 3.63) is 41.2 Å². The summed E-state index contributed by atoms with van der Waals surface area (Å²) in [5.41, 5.74) is 5.68. The van der Waals surface area contributed by atoms with Gasteiger partial charge in [-0.05, 0) is 37.1 Å². The number of aromatic nitrogens is 3. The summed E-state index contributed by atoms with van der Waals surface area (Å²) < 4.78 is 18.0. The molecule has 7 heteroatoms. The first kappa shape index (κ1) is 17.6. The third-order valence-corrected chi connectivity index (χ3v) is 5.34. The molecule has 1 N–H and O–H groups in total. The molecule has 0 aliphatic carbocycles. The third-order valence-electron chi connectivity index (χ3n) is 4.17. The highest BCUT2D eigenvalue weighted by Gasteiger charge is 2.21. The predicted octanol–water partition coefficient (Wildman–Crippen LogP) is 2.96. The van der Waals surface area contributed by atoms with E-state index in [0.29, 0.717) is 10.9 Å². The summed E-state index contributed by atoms with van der Waals surface area (Å²) in [6, 6.07) is 5.55. The average Bonchev–Trinajstić information content (AvgIpc) is 3.00. The Morgan fingerprint density at radius 3 is 2.72 bits per heavy atom. The fourth-order valence-electron chi connectivity index (χ4n) is 2.99. The topological polar surface area (TPSA) is 77.1 Å². The lowest BCUT2D eigenvalue weighted by atomic mass is 10.1. The van der Waals surface area contributed by atoms with Crippen molar-refractivity contribution in [2.24, 2.45) is 0 Å². The summed E-state index contributed by atoms with van der Waals surface area (Å²) in [7, 11) is 5.62. The monoisotopic (exact) mass is 358 g/mol. The van der Waals surface area contributed by atoms with Gasteiger partial charge in [0.1, 0.15) is 5.75 Å². The maximum atomic E-state index is 12.8. The first-order valence-electron chi connectivity index (χ1n) is 7.95. The lowest BCUT2D eigenvalue weighted by Gasteiger charge is -2.20. The molecule has 3 aromatic rings. The third kappa shape index (κ3) is 3.43. The van der Waals surface area contributed by atoms with Gasteiger partial charge in [-0.25, -0.2) is 0 Å². The molecule has 0 amide bonds. The molecule has 132 valence electrons. The molecule has 2 heterocycles. The van der Waals surface area contributed by atoms with Gasteiger partial charge in [-0.1, -0.05) is 0 Å². The summed E-state index contributed by atoms with van der Waals surface area (Å²) in [5.74, 6) is 1.05. The number of imidazole rings is 1. The lowest BCUT2D eigenvalue weighted by molar-refractivity contribution is 0.415. The van der Waals surface area contributed by atoms with Gasteiger partial charge in [0.15, 0.2) is 5.75 Å². The Kier molecular flexibility index (Phi) is 4.87. The number of fused-ring (bicyclic) bond motifs is 1. The number of methoxy groups -OCH3 is 1. The van der Waals surface area contributed by atoms with E-state index in [2.05, 4.69) is 19.9 Å². The van der Waals surface area contributed by atoms with E-state index in [1.807, 2.05) is 52.3 Å². The van der Waals surface area contributed by atoms with Crippen LogP contribution in [0.3, 0.4) is 0 Å². The van der Waals surface area contributed by atoms with Crippen LogP contribution in [0.15, 0.2) is 29.6 Å². The number of hydrogen-bond acceptors (Lipinski definition) is 5. The zero-order valence-corrected chi connectivity index (χ0v) is 15.9. The highest BCUT2D eigenvalue weighted by Crippen LogP contribution is 2.27. The van der Waals surface area contributed by atoms with Crippen molar-refractivity contribution in [3.8, 4) is 5.75 Å². The molecule has 0 radical (unpaired) electrons.